The van der Waals surface area contributed by atoms with Crippen LogP contribution >= 0.6 is 11.8 Å². The zero-order valence-electron chi connectivity index (χ0n) is 9.70. The molecule has 2 heterocycles. The Balaban J connectivity index is 1.94. The maximum atomic E-state index is 8.75. The van der Waals surface area contributed by atoms with Crippen molar-refractivity contribution in [2.24, 2.45) is 0 Å². The smallest absolute Gasteiger partial charge is 0.263 e. The quantitative estimate of drug-likeness (QED) is 0.768. The third kappa shape index (κ3) is 2.23. The van der Waals surface area contributed by atoms with E-state index in [1.54, 1.807) is 6.07 Å². The highest BCUT2D eigenvalue weighted by Crippen LogP contribution is 2.31. The molecule has 0 spiro atoms. The normalized spacial score (nSPS) is 10.5. The molecule has 0 bridgehead atoms. The average molecular weight is 268 g/mol. The standard InChI is InChI=1S/C13H8N4OS/c14-6-8-5-9(15)12(16-7-8)19-13-17-10-3-1-2-4-11(10)18-13/h1-5,7H,15H2. The van der Waals surface area contributed by atoms with Crippen LogP contribution in [-0.2, 0) is 0 Å². The summed E-state index contributed by atoms with van der Waals surface area (Å²) in [7, 11) is 0. The van der Waals surface area contributed by atoms with Gasteiger partial charge in [-0.2, -0.15) is 5.26 Å². The van der Waals surface area contributed by atoms with Gasteiger partial charge in [0.2, 0.25) is 0 Å². The number of fused-ring (bicyclic) bond motifs is 1. The van der Waals surface area contributed by atoms with Gasteiger partial charge in [0.25, 0.3) is 5.22 Å². The van der Waals surface area contributed by atoms with E-state index >= 15 is 0 Å². The number of nitrogens with zero attached hydrogens (tertiary/aromatic N) is 3. The third-order valence-corrected chi connectivity index (χ3v) is 3.35. The van der Waals surface area contributed by atoms with Crippen molar-refractivity contribution in [3.63, 3.8) is 0 Å². The van der Waals surface area contributed by atoms with Crippen molar-refractivity contribution < 1.29 is 4.42 Å². The van der Waals surface area contributed by atoms with Crippen LogP contribution in [0.1, 0.15) is 5.56 Å². The molecule has 0 radical (unpaired) electrons. The molecule has 0 amide bonds. The van der Waals surface area contributed by atoms with Crippen molar-refractivity contribution >= 4 is 28.5 Å². The summed E-state index contributed by atoms with van der Waals surface area (Å²) in [6.45, 7) is 0. The second kappa shape index (κ2) is 4.63. The lowest BCUT2D eigenvalue weighted by Gasteiger charge is -2.00. The van der Waals surface area contributed by atoms with Crippen LogP contribution in [0.4, 0.5) is 5.69 Å². The summed E-state index contributed by atoms with van der Waals surface area (Å²) >= 11 is 1.24. The molecule has 3 aromatic rings. The van der Waals surface area contributed by atoms with Crippen LogP contribution in [0.2, 0.25) is 0 Å². The van der Waals surface area contributed by atoms with Crippen LogP contribution in [0, 0.1) is 11.3 Å². The summed E-state index contributed by atoms with van der Waals surface area (Å²) in [5.74, 6) is 0. The highest BCUT2D eigenvalue weighted by molar-refractivity contribution is 7.99. The van der Waals surface area contributed by atoms with Crippen LogP contribution in [0.15, 0.2) is 51.2 Å². The summed E-state index contributed by atoms with van der Waals surface area (Å²) in [5, 5.41) is 9.81. The lowest BCUT2D eigenvalue weighted by atomic mass is 10.3. The summed E-state index contributed by atoms with van der Waals surface area (Å²) in [6, 6.07) is 11.1. The van der Waals surface area contributed by atoms with E-state index in [1.807, 2.05) is 30.3 Å². The molecule has 1 aromatic carbocycles. The van der Waals surface area contributed by atoms with Gasteiger partial charge < -0.3 is 10.2 Å². The van der Waals surface area contributed by atoms with Crippen molar-refractivity contribution in [3.8, 4) is 6.07 Å². The summed E-state index contributed by atoms with van der Waals surface area (Å²) in [6.07, 6.45) is 1.47. The lowest BCUT2D eigenvalue weighted by molar-refractivity contribution is 0.489. The van der Waals surface area contributed by atoms with Crippen LogP contribution < -0.4 is 5.73 Å². The molecule has 0 saturated heterocycles. The second-order valence-corrected chi connectivity index (χ2v) is 4.72. The highest BCUT2D eigenvalue weighted by atomic mass is 32.2. The predicted octanol–water partition coefficient (Wildman–Crippen LogP) is 2.83. The van der Waals surface area contributed by atoms with Gasteiger partial charge in [-0.05, 0) is 30.0 Å². The first-order chi connectivity index (χ1) is 9.26. The minimum absolute atomic E-state index is 0.430. The Kier molecular flexibility index (Phi) is 2.82. The summed E-state index contributed by atoms with van der Waals surface area (Å²) in [5.41, 5.74) is 8.21. The van der Waals surface area contributed by atoms with E-state index < -0.39 is 0 Å². The molecule has 6 heteroatoms. The van der Waals surface area contributed by atoms with Crippen molar-refractivity contribution in [1.82, 2.24) is 9.97 Å². The number of oxazole rings is 1. The largest absolute Gasteiger partial charge is 0.431 e. The van der Waals surface area contributed by atoms with Gasteiger partial charge >= 0.3 is 0 Å². The molecule has 3 rings (SSSR count). The van der Waals surface area contributed by atoms with Crippen LogP contribution in [0.25, 0.3) is 11.1 Å². The van der Waals surface area contributed by atoms with Gasteiger partial charge in [-0.3, -0.25) is 0 Å². The first-order valence-electron chi connectivity index (χ1n) is 5.45. The van der Waals surface area contributed by atoms with Gasteiger partial charge in [-0.1, -0.05) is 12.1 Å². The predicted molar refractivity (Wildman–Crippen MR) is 71.5 cm³/mol. The zero-order valence-corrected chi connectivity index (χ0v) is 10.5. The van der Waals surface area contributed by atoms with Crippen LogP contribution in [0.5, 0.6) is 0 Å². The van der Waals surface area contributed by atoms with Gasteiger partial charge in [0.15, 0.2) is 5.58 Å². The van der Waals surface area contributed by atoms with Crippen molar-refractivity contribution in [3.05, 3.63) is 42.1 Å². The molecule has 0 fully saturated rings. The van der Waals surface area contributed by atoms with Gasteiger partial charge in [-0.25, -0.2) is 9.97 Å². The van der Waals surface area contributed by atoms with Gasteiger partial charge in [0.05, 0.1) is 11.3 Å². The van der Waals surface area contributed by atoms with Gasteiger partial charge in [0.1, 0.15) is 16.6 Å². The second-order valence-electron chi connectivity index (χ2n) is 3.78. The molecular formula is C13H8N4OS. The van der Waals surface area contributed by atoms with E-state index in [0.717, 1.165) is 11.1 Å². The maximum Gasteiger partial charge on any atom is 0.263 e. The molecule has 0 saturated carbocycles. The Morgan fingerprint density at radius 2 is 2.16 bits per heavy atom. The molecular weight excluding hydrogens is 260 g/mol. The topological polar surface area (TPSA) is 88.7 Å². The molecule has 0 atom stereocenters. The highest BCUT2D eigenvalue weighted by Gasteiger charge is 2.10. The number of pyridine rings is 1. The molecule has 0 unspecified atom stereocenters. The number of hydrogen-bond donors (Lipinski definition) is 1. The first-order valence-corrected chi connectivity index (χ1v) is 6.27. The van der Waals surface area contributed by atoms with E-state index in [0.29, 0.717) is 21.5 Å². The third-order valence-electron chi connectivity index (χ3n) is 2.47. The zero-order chi connectivity index (χ0) is 13.2. The van der Waals surface area contributed by atoms with Crippen molar-refractivity contribution in [2.45, 2.75) is 10.2 Å². The maximum absolute atomic E-state index is 8.75. The van der Waals surface area contributed by atoms with E-state index in [9.17, 15) is 0 Å². The Morgan fingerprint density at radius 3 is 2.89 bits per heavy atom. The van der Waals surface area contributed by atoms with E-state index in [2.05, 4.69) is 9.97 Å². The monoisotopic (exact) mass is 268 g/mol. The molecule has 0 aliphatic carbocycles. The number of rotatable bonds is 2. The molecule has 19 heavy (non-hydrogen) atoms. The van der Waals surface area contributed by atoms with Crippen molar-refractivity contribution in [1.29, 1.82) is 5.26 Å². The fraction of sp³-hybridized carbons (Fsp3) is 0. The number of anilines is 1. The number of benzene rings is 1. The molecule has 2 N–H and O–H groups in total. The number of aromatic nitrogens is 2. The fourth-order valence-electron chi connectivity index (χ4n) is 1.59. The van der Waals surface area contributed by atoms with E-state index in [-0.39, 0.29) is 0 Å². The fourth-order valence-corrected chi connectivity index (χ4v) is 2.32. The molecule has 2 aromatic heterocycles. The first kappa shape index (κ1) is 11.6. The number of nitrogen functional groups attached to an aromatic ring is 1. The minimum atomic E-state index is 0.430. The van der Waals surface area contributed by atoms with Crippen LogP contribution in [-0.4, -0.2) is 9.97 Å². The summed E-state index contributed by atoms with van der Waals surface area (Å²) in [4.78, 5) is 8.46. The Morgan fingerprint density at radius 1 is 1.32 bits per heavy atom. The van der Waals surface area contributed by atoms with Gasteiger partial charge in [-0.15, -0.1) is 0 Å². The van der Waals surface area contributed by atoms with E-state index in [1.165, 1.54) is 18.0 Å². The van der Waals surface area contributed by atoms with E-state index in [4.69, 9.17) is 15.4 Å². The Hall–Kier alpha value is -2.52. The number of nitrogens with two attached hydrogens (primary N) is 1. The average Bonchev–Trinajstić information content (AvgIpc) is 2.83. The SMILES string of the molecule is N#Cc1cnc(Sc2nc3ccccc3o2)c(N)c1. The van der Waals surface area contributed by atoms with Crippen molar-refractivity contribution in [2.75, 3.05) is 5.73 Å². The van der Waals surface area contributed by atoms with Crippen LogP contribution in [0.3, 0.4) is 0 Å². The molecule has 0 aliphatic rings. The number of nitriles is 1. The minimum Gasteiger partial charge on any atom is -0.431 e. The lowest BCUT2D eigenvalue weighted by Crippen LogP contribution is -1.93. The Labute approximate surface area is 113 Å². The summed E-state index contributed by atoms with van der Waals surface area (Å²) < 4.78 is 5.57. The Bertz CT molecular complexity index is 758. The number of hydrogen-bond acceptors (Lipinski definition) is 6. The molecule has 92 valence electrons. The van der Waals surface area contributed by atoms with Gasteiger partial charge in [0, 0.05) is 6.20 Å². The number of para-hydroxylation sites is 2. The molecule has 0 aliphatic heterocycles. The molecule has 5 nitrogen and oxygen atoms in total.